The quantitative estimate of drug-likeness (QED) is 0.844. The number of carboxylic acids is 1. The third-order valence-electron chi connectivity index (χ3n) is 3.60. The maximum atomic E-state index is 11.8. The Morgan fingerprint density at radius 2 is 1.81 bits per heavy atom. The Morgan fingerprint density at radius 1 is 1.14 bits per heavy atom. The summed E-state index contributed by atoms with van der Waals surface area (Å²) < 4.78 is 5.89. The molecule has 0 aliphatic heterocycles. The number of ether oxygens (including phenoxy) is 1. The van der Waals surface area contributed by atoms with E-state index < -0.39 is 5.97 Å². The van der Waals surface area contributed by atoms with Gasteiger partial charge in [0.05, 0.1) is 12.5 Å². The molecule has 2 N–H and O–H groups in total. The minimum absolute atomic E-state index is 0.0748. The van der Waals surface area contributed by atoms with E-state index >= 15 is 0 Å². The molecule has 0 heterocycles. The van der Waals surface area contributed by atoms with Gasteiger partial charge in [0.2, 0.25) is 0 Å². The van der Waals surface area contributed by atoms with Gasteiger partial charge in [0.15, 0.2) is 0 Å². The molecule has 5 heteroatoms. The van der Waals surface area contributed by atoms with E-state index in [-0.39, 0.29) is 25.0 Å². The van der Waals surface area contributed by atoms with Crippen LogP contribution in [-0.2, 0) is 4.79 Å². The van der Waals surface area contributed by atoms with Crippen molar-refractivity contribution in [1.29, 1.82) is 0 Å². The molecule has 1 aliphatic carbocycles. The maximum absolute atomic E-state index is 11.8. The normalized spacial score (nSPS) is 15.4. The Bertz CT molecular complexity index is 478. The van der Waals surface area contributed by atoms with Gasteiger partial charge in [-0.05, 0) is 49.9 Å². The predicted molar refractivity (Wildman–Crippen MR) is 78.5 cm³/mol. The molecule has 0 atom stereocenters. The van der Waals surface area contributed by atoms with Gasteiger partial charge in [0.25, 0.3) is 5.91 Å². The molecule has 1 aliphatic rings. The van der Waals surface area contributed by atoms with Crippen molar-refractivity contribution in [2.45, 2.75) is 44.6 Å². The molecule has 2 rings (SSSR count). The van der Waals surface area contributed by atoms with E-state index in [2.05, 4.69) is 5.32 Å². The van der Waals surface area contributed by atoms with Crippen LogP contribution in [0.25, 0.3) is 0 Å². The summed E-state index contributed by atoms with van der Waals surface area (Å²) in [7, 11) is 0. The molecular weight excluding hydrogens is 270 g/mol. The van der Waals surface area contributed by atoms with Gasteiger partial charge in [-0.25, -0.2) is 0 Å². The van der Waals surface area contributed by atoms with Gasteiger partial charge in [-0.15, -0.1) is 0 Å². The number of carbonyl (C=O) groups excluding carboxylic acids is 1. The lowest BCUT2D eigenvalue weighted by Gasteiger charge is -2.23. The van der Waals surface area contributed by atoms with Crippen LogP contribution >= 0.6 is 0 Å². The number of benzene rings is 1. The van der Waals surface area contributed by atoms with Crippen LogP contribution in [0.1, 0.15) is 48.9 Å². The van der Waals surface area contributed by atoms with Crippen molar-refractivity contribution < 1.29 is 19.4 Å². The molecule has 0 unspecified atom stereocenters. The zero-order chi connectivity index (χ0) is 15.1. The summed E-state index contributed by atoms with van der Waals surface area (Å²) in [5.41, 5.74) is 0.511. The van der Waals surface area contributed by atoms with Gasteiger partial charge in [0, 0.05) is 12.1 Å². The molecule has 0 aromatic heterocycles. The summed E-state index contributed by atoms with van der Waals surface area (Å²) in [5.74, 6) is -0.406. The fourth-order valence-corrected chi connectivity index (χ4v) is 2.45. The van der Waals surface area contributed by atoms with E-state index in [4.69, 9.17) is 9.84 Å². The van der Waals surface area contributed by atoms with E-state index in [0.717, 1.165) is 18.6 Å². The first-order valence-corrected chi connectivity index (χ1v) is 7.42. The van der Waals surface area contributed by atoms with Crippen LogP contribution in [0.3, 0.4) is 0 Å². The van der Waals surface area contributed by atoms with Crippen molar-refractivity contribution in [3.05, 3.63) is 29.8 Å². The smallest absolute Gasteiger partial charge is 0.305 e. The van der Waals surface area contributed by atoms with Crippen molar-refractivity contribution in [3.63, 3.8) is 0 Å². The number of hydrogen-bond acceptors (Lipinski definition) is 3. The molecule has 5 nitrogen and oxygen atoms in total. The molecule has 1 aromatic carbocycles. The Morgan fingerprint density at radius 3 is 2.43 bits per heavy atom. The van der Waals surface area contributed by atoms with Crippen LogP contribution in [0.4, 0.5) is 0 Å². The standard InChI is InChI=1S/C16H21NO4/c18-15(19)10-11-17-16(20)12-6-8-14(9-7-12)21-13-4-2-1-3-5-13/h6-9,13H,1-5,10-11H2,(H,17,20)(H,18,19). The van der Waals surface area contributed by atoms with Crippen molar-refractivity contribution in [2.24, 2.45) is 0 Å². The highest BCUT2D eigenvalue weighted by Gasteiger charge is 2.15. The minimum atomic E-state index is -0.925. The minimum Gasteiger partial charge on any atom is -0.490 e. The lowest BCUT2D eigenvalue weighted by atomic mass is 9.98. The van der Waals surface area contributed by atoms with Gasteiger partial charge >= 0.3 is 5.97 Å². The summed E-state index contributed by atoms with van der Waals surface area (Å²) in [5, 5.41) is 11.1. The van der Waals surface area contributed by atoms with Gasteiger partial charge in [-0.2, -0.15) is 0 Å². The van der Waals surface area contributed by atoms with Crippen LogP contribution in [0.5, 0.6) is 5.75 Å². The van der Waals surface area contributed by atoms with Crippen LogP contribution in [0, 0.1) is 0 Å². The molecule has 0 bridgehead atoms. The molecule has 0 saturated heterocycles. The highest BCUT2D eigenvalue weighted by molar-refractivity contribution is 5.94. The molecule has 1 aromatic rings. The van der Waals surface area contributed by atoms with E-state index in [1.54, 1.807) is 24.3 Å². The Labute approximate surface area is 124 Å². The van der Waals surface area contributed by atoms with Crippen molar-refractivity contribution in [3.8, 4) is 5.75 Å². The number of hydrogen-bond donors (Lipinski definition) is 2. The predicted octanol–water partition coefficient (Wildman–Crippen LogP) is 2.60. The monoisotopic (exact) mass is 291 g/mol. The number of amides is 1. The van der Waals surface area contributed by atoms with Crippen LogP contribution < -0.4 is 10.1 Å². The first-order chi connectivity index (χ1) is 10.1. The number of nitrogens with one attached hydrogen (secondary N) is 1. The Hall–Kier alpha value is -2.04. The second-order valence-corrected chi connectivity index (χ2v) is 5.30. The number of carboxylic acid groups (broad SMARTS) is 1. The summed E-state index contributed by atoms with van der Waals surface area (Å²) in [4.78, 5) is 22.2. The molecule has 1 fully saturated rings. The van der Waals surface area contributed by atoms with Crippen molar-refractivity contribution >= 4 is 11.9 Å². The van der Waals surface area contributed by atoms with Crippen molar-refractivity contribution in [2.75, 3.05) is 6.54 Å². The first-order valence-electron chi connectivity index (χ1n) is 7.42. The molecule has 1 saturated carbocycles. The van der Waals surface area contributed by atoms with E-state index in [0.29, 0.717) is 5.56 Å². The maximum Gasteiger partial charge on any atom is 0.305 e. The molecular formula is C16H21NO4. The SMILES string of the molecule is O=C(O)CCNC(=O)c1ccc(OC2CCCCC2)cc1. The number of carbonyl (C=O) groups is 2. The third-order valence-corrected chi connectivity index (χ3v) is 3.60. The number of rotatable bonds is 6. The molecule has 114 valence electrons. The van der Waals surface area contributed by atoms with E-state index in [1.165, 1.54) is 19.3 Å². The number of aliphatic carboxylic acids is 1. The van der Waals surface area contributed by atoms with Crippen LogP contribution in [-0.4, -0.2) is 29.6 Å². The zero-order valence-electron chi connectivity index (χ0n) is 12.0. The highest BCUT2D eigenvalue weighted by atomic mass is 16.5. The summed E-state index contributed by atoms with van der Waals surface area (Å²) in [6.07, 6.45) is 6.12. The average Bonchev–Trinajstić information content (AvgIpc) is 2.48. The second-order valence-electron chi connectivity index (χ2n) is 5.30. The van der Waals surface area contributed by atoms with Gasteiger partial charge in [0.1, 0.15) is 5.75 Å². The molecule has 1 amide bonds. The topological polar surface area (TPSA) is 75.6 Å². The molecule has 0 spiro atoms. The largest absolute Gasteiger partial charge is 0.490 e. The molecule has 0 radical (unpaired) electrons. The highest BCUT2D eigenvalue weighted by Crippen LogP contribution is 2.23. The van der Waals surface area contributed by atoms with E-state index in [1.807, 2.05) is 0 Å². The van der Waals surface area contributed by atoms with Gasteiger partial charge in [-0.1, -0.05) is 6.42 Å². The Balaban J connectivity index is 1.83. The Kier molecular flexibility index (Phi) is 5.60. The third kappa shape index (κ3) is 5.10. The van der Waals surface area contributed by atoms with Crippen LogP contribution in [0.15, 0.2) is 24.3 Å². The first kappa shape index (κ1) is 15.4. The van der Waals surface area contributed by atoms with Gasteiger partial charge < -0.3 is 15.2 Å². The van der Waals surface area contributed by atoms with Crippen molar-refractivity contribution in [1.82, 2.24) is 5.32 Å². The van der Waals surface area contributed by atoms with Crippen LogP contribution in [0.2, 0.25) is 0 Å². The fourth-order valence-electron chi connectivity index (χ4n) is 2.45. The summed E-state index contributed by atoms with van der Waals surface area (Å²) >= 11 is 0. The lowest BCUT2D eigenvalue weighted by Crippen LogP contribution is -2.26. The summed E-state index contributed by atoms with van der Waals surface area (Å²) in [6.45, 7) is 0.133. The average molecular weight is 291 g/mol. The zero-order valence-corrected chi connectivity index (χ0v) is 12.0. The fraction of sp³-hybridized carbons (Fsp3) is 0.500. The van der Waals surface area contributed by atoms with Gasteiger partial charge in [-0.3, -0.25) is 9.59 Å². The second kappa shape index (κ2) is 7.67. The summed E-state index contributed by atoms with van der Waals surface area (Å²) in [6, 6.07) is 6.99. The lowest BCUT2D eigenvalue weighted by molar-refractivity contribution is -0.136. The molecule has 21 heavy (non-hydrogen) atoms. The van der Waals surface area contributed by atoms with E-state index in [9.17, 15) is 9.59 Å².